The molecule has 1 fully saturated rings. The predicted octanol–water partition coefficient (Wildman–Crippen LogP) is 3.69. The van der Waals surface area contributed by atoms with Crippen molar-refractivity contribution in [3.63, 3.8) is 0 Å². The van der Waals surface area contributed by atoms with Crippen molar-refractivity contribution in [2.75, 3.05) is 5.32 Å². The molecule has 7 heteroatoms. The molecular weight excluding hydrogens is 340 g/mol. The number of hydrogen-bond donors (Lipinski definition) is 3. The minimum atomic E-state index is -0.350. The van der Waals surface area contributed by atoms with Crippen LogP contribution in [0.5, 0.6) is 0 Å². The van der Waals surface area contributed by atoms with Gasteiger partial charge in [0.2, 0.25) is 0 Å². The van der Waals surface area contributed by atoms with Crippen LogP contribution in [0, 0.1) is 6.92 Å². The maximum Gasteiger partial charge on any atom is 0.272 e. The summed E-state index contributed by atoms with van der Waals surface area (Å²) >= 11 is 6.04. The van der Waals surface area contributed by atoms with Crippen LogP contribution >= 0.6 is 11.6 Å². The Kier molecular flexibility index (Phi) is 5.38. The summed E-state index contributed by atoms with van der Waals surface area (Å²) in [6, 6.07) is 7.00. The zero-order valence-corrected chi connectivity index (χ0v) is 14.8. The fourth-order valence-electron chi connectivity index (χ4n) is 3.07. The number of hydrogen-bond acceptors (Lipinski definition) is 3. The van der Waals surface area contributed by atoms with E-state index in [1.807, 2.05) is 0 Å². The number of halogens is 1. The summed E-state index contributed by atoms with van der Waals surface area (Å²) < 4.78 is 0. The molecule has 0 spiro atoms. The Labute approximate surface area is 151 Å². The topological polar surface area (TPSA) is 86.9 Å². The van der Waals surface area contributed by atoms with Crippen molar-refractivity contribution in [2.45, 2.75) is 45.1 Å². The number of carbonyl (C=O) groups excluding carboxylic acids is 2. The van der Waals surface area contributed by atoms with Gasteiger partial charge in [-0.15, -0.1) is 0 Å². The average Bonchev–Trinajstić information content (AvgIpc) is 2.97. The summed E-state index contributed by atoms with van der Waals surface area (Å²) in [7, 11) is 0. The van der Waals surface area contributed by atoms with E-state index in [4.69, 9.17) is 11.6 Å². The first kappa shape index (κ1) is 17.5. The lowest BCUT2D eigenvalue weighted by molar-refractivity contribution is 0.0921. The van der Waals surface area contributed by atoms with Crippen molar-refractivity contribution in [1.29, 1.82) is 0 Å². The first-order valence-corrected chi connectivity index (χ1v) is 8.85. The molecule has 1 aromatic heterocycles. The molecule has 0 bridgehead atoms. The van der Waals surface area contributed by atoms with Crippen LogP contribution in [0.2, 0.25) is 5.02 Å². The Hall–Kier alpha value is -2.34. The first-order valence-electron chi connectivity index (χ1n) is 8.48. The molecule has 3 rings (SSSR count). The summed E-state index contributed by atoms with van der Waals surface area (Å²) in [5.74, 6) is -0.158. The third-order valence-corrected chi connectivity index (χ3v) is 4.85. The standard InChI is InChI=1S/C18H21ClN4O2/c1-11-15(18(25)20-12-7-3-2-4-8-12)22-23-16(11)21-17(24)13-9-5-6-10-14(13)19/h5-6,9-10,12H,2-4,7-8H2,1H3,(H,20,25)(H2,21,22,23,24). The molecule has 0 atom stereocenters. The number of anilines is 1. The number of nitrogens with one attached hydrogen (secondary N) is 3. The smallest absolute Gasteiger partial charge is 0.272 e. The van der Waals surface area contributed by atoms with Crippen molar-refractivity contribution in [2.24, 2.45) is 0 Å². The highest BCUT2D eigenvalue weighted by molar-refractivity contribution is 6.34. The van der Waals surface area contributed by atoms with E-state index in [9.17, 15) is 9.59 Å². The Morgan fingerprint density at radius 2 is 1.88 bits per heavy atom. The lowest BCUT2D eigenvalue weighted by atomic mass is 9.95. The van der Waals surface area contributed by atoms with E-state index < -0.39 is 0 Å². The second-order valence-corrected chi connectivity index (χ2v) is 6.72. The molecule has 0 aliphatic heterocycles. The lowest BCUT2D eigenvalue weighted by Gasteiger charge is -2.22. The van der Waals surface area contributed by atoms with Crippen LogP contribution in [0.1, 0.15) is 58.5 Å². The second kappa shape index (κ2) is 7.70. The van der Waals surface area contributed by atoms with E-state index >= 15 is 0 Å². The van der Waals surface area contributed by atoms with Crippen molar-refractivity contribution >= 4 is 29.2 Å². The highest BCUT2D eigenvalue weighted by Gasteiger charge is 2.22. The van der Waals surface area contributed by atoms with E-state index in [1.54, 1.807) is 31.2 Å². The quantitative estimate of drug-likeness (QED) is 0.777. The van der Waals surface area contributed by atoms with Gasteiger partial charge in [0, 0.05) is 11.6 Å². The van der Waals surface area contributed by atoms with Crippen molar-refractivity contribution in [3.8, 4) is 0 Å². The zero-order valence-electron chi connectivity index (χ0n) is 14.1. The van der Waals surface area contributed by atoms with Gasteiger partial charge in [0.15, 0.2) is 5.69 Å². The van der Waals surface area contributed by atoms with Gasteiger partial charge in [-0.05, 0) is 31.9 Å². The van der Waals surface area contributed by atoms with Gasteiger partial charge in [0.25, 0.3) is 11.8 Å². The van der Waals surface area contributed by atoms with Crippen LogP contribution in [0.25, 0.3) is 0 Å². The molecule has 0 saturated heterocycles. The van der Waals surface area contributed by atoms with Gasteiger partial charge in [-0.2, -0.15) is 5.10 Å². The van der Waals surface area contributed by atoms with Crippen LogP contribution in [0.15, 0.2) is 24.3 Å². The van der Waals surface area contributed by atoms with Crippen molar-refractivity contribution in [1.82, 2.24) is 15.5 Å². The van der Waals surface area contributed by atoms with Crippen LogP contribution in [-0.2, 0) is 0 Å². The van der Waals surface area contributed by atoms with Crippen molar-refractivity contribution < 1.29 is 9.59 Å². The van der Waals surface area contributed by atoms with Crippen LogP contribution in [-0.4, -0.2) is 28.1 Å². The summed E-state index contributed by atoms with van der Waals surface area (Å²) in [6.45, 7) is 1.75. The third-order valence-electron chi connectivity index (χ3n) is 4.52. The van der Waals surface area contributed by atoms with Gasteiger partial charge < -0.3 is 10.6 Å². The molecule has 1 aliphatic carbocycles. The highest BCUT2D eigenvalue weighted by atomic mass is 35.5. The Morgan fingerprint density at radius 1 is 1.16 bits per heavy atom. The summed E-state index contributed by atoms with van der Waals surface area (Å²) in [5.41, 5.74) is 1.28. The number of benzene rings is 1. The SMILES string of the molecule is Cc1c(C(=O)NC2CCCCC2)n[nH]c1NC(=O)c1ccccc1Cl. The Morgan fingerprint density at radius 3 is 2.60 bits per heavy atom. The fourth-order valence-corrected chi connectivity index (χ4v) is 3.29. The largest absolute Gasteiger partial charge is 0.348 e. The highest BCUT2D eigenvalue weighted by Crippen LogP contribution is 2.21. The van der Waals surface area contributed by atoms with Crippen LogP contribution in [0.3, 0.4) is 0 Å². The molecule has 2 aromatic rings. The number of amides is 2. The molecular formula is C18H21ClN4O2. The Bertz CT molecular complexity index is 781. The maximum atomic E-state index is 12.4. The molecule has 1 aliphatic rings. The number of H-pyrrole nitrogens is 1. The Balaban J connectivity index is 1.69. The molecule has 6 nitrogen and oxygen atoms in total. The second-order valence-electron chi connectivity index (χ2n) is 6.31. The van der Waals surface area contributed by atoms with Crippen LogP contribution < -0.4 is 10.6 Å². The minimum absolute atomic E-state index is 0.207. The summed E-state index contributed by atoms with van der Waals surface area (Å²) in [6.07, 6.45) is 5.52. The van der Waals surface area contributed by atoms with E-state index in [0.29, 0.717) is 27.7 Å². The number of aromatic amines is 1. The van der Waals surface area contributed by atoms with Gasteiger partial charge >= 0.3 is 0 Å². The zero-order chi connectivity index (χ0) is 17.8. The predicted molar refractivity (Wildman–Crippen MR) is 97.1 cm³/mol. The van der Waals surface area contributed by atoms with Gasteiger partial charge in [0.1, 0.15) is 5.82 Å². The summed E-state index contributed by atoms with van der Waals surface area (Å²) in [4.78, 5) is 24.8. The van der Waals surface area contributed by atoms with Gasteiger partial charge in [0.05, 0.1) is 10.6 Å². The molecule has 1 saturated carbocycles. The van der Waals surface area contributed by atoms with E-state index in [-0.39, 0.29) is 17.9 Å². The molecule has 132 valence electrons. The van der Waals surface area contributed by atoms with Crippen LogP contribution in [0.4, 0.5) is 5.82 Å². The molecule has 3 N–H and O–H groups in total. The molecule has 1 aromatic carbocycles. The number of rotatable bonds is 4. The fraction of sp³-hybridized carbons (Fsp3) is 0.389. The average molecular weight is 361 g/mol. The molecule has 1 heterocycles. The van der Waals surface area contributed by atoms with E-state index in [1.165, 1.54) is 6.42 Å². The third kappa shape index (κ3) is 4.02. The maximum absolute atomic E-state index is 12.4. The van der Waals surface area contributed by atoms with Gasteiger partial charge in [-0.1, -0.05) is 43.0 Å². The molecule has 25 heavy (non-hydrogen) atoms. The minimum Gasteiger partial charge on any atom is -0.348 e. The molecule has 2 amide bonds. The van der Waals surface area contributed by atoms with Crippen molar-refractivity contribution in [3.05, 3.63) is 46.1 Å². The van der Waals surface area contributed by atoms with Gasteiger partial charge in [-0.3, -0.25) is 14.7 Å². The number of carbonyl (C=O) groups is 2. The molecule has 0 unspecified atom stereocenters. The molecule has 0 radical (unpaired) electrons. The van der Waals surface area contributed by atoms with E-state index in [2.05, 4.69) is 20.8 Å². The number of aromatic nitrogens is 2. The normalized spacial score (nSPS) is 15.0. The van der Waals surface area contributed by atoms with Gasteiger partial charge in [-0.25, -0.2) is 0 Å². The lowest BCUT2D eigenvalue weighted by Crippen LogP contribution is -2.36. The monoisotopic (exact) mass is 360 g/mol. The number of nitrogens with zero attached hydrogens (tertiary/aromatic N) is 1. The van der Waals surface area contributed by atoms with E-state index in [0.717, 1.165) is 25.7 Å². The first-order chi connectivity index (χ1) is 12.1. The summed E-state index contributed by atoms with van der Waals surface area (Å²) in [5, 5.41) is 12.9.